The Bertz CT molecular complexity index is 1830. The van der Waals surface area contributed by atoms with E-state index in [-0.39, 0.29) is 5.82 Å². The van der Waals surface area contributed by atoms with Crippen LogP contribution in [-0.2, 0) is 7.05 Å². The van der Waals surface area contributed by atoms with Crippen LogP contribution in [0.5, 0.6) is 0 Å². The first-order valence-corrected chi connectivity index (χ1v) is 14.3. The van der Waals surface area contributed by atoms with Crippen LogP contribution in [0, 0.1) is 12.7 Å². The summed E-state index contributed by atoms with van der Waals surface area (Å²) in [5.41, 5.74) is 9.40. The van der Waals surface area contributed by atoms with Crippen molar-refractivity contribution in [1.82, 2.24) is 0 Å². The summed E-state index contributed by atoms with van der Waals surface area (Å²) in [6, 6.07) is 33.2. The van der Waals surface area contributed by atoms with Gasteiger partial charge in [0.05, 0.1) is 5.56 Å². The first-order valence-electron chi connectivity index (χ1n) is 14.3. The second kappa shape index (κ2) is 10.1. The number of furan rings is 1. The Labute approximate surface area is 234 Å². The molecule has 6 aromatic rings. The van der Waals surface area contributed by atoms with Gasteiger partial charge in [-0.05, 0) is 84.9 Å². The van der Waals surface area contributed by atoms with Gasteiger partial charge in [0.25, 0.3) is 0 Å². The molecule has 1 saturated carbocycles. The highest BCUT2D eigenvalue weighted by Crippen LogP contribution is 2.43. The van der Waals surface area contributed by atoms with Crippen molar-refractivity contribution in [3.05, 3.63) is 126 Å². The fraction of sp³-hybridized carbons (Fsp3) is 0.216. The molecule has 0 atom stereocenters. The molecule has 2 heterocycles. The van der Waals surface area contributed by atoms with Crippen LogP contribution in [0.2, 0.25) is 0 Å². The minimum atomic E-state index is -0.249. The largest absolute Gasteiger partial charge is 0.454 e. The summed E-state index contributed by atoms with van der Waals surface area (Å²) in [5.74, 6) is 0.989. The fourth-order valence-electron chi connectivity index (χ4n) is 6.74. The third-order valence-electron chi connectivity index (χ3n) is 8.92. The maximum absolute atomic E-state index is 15.1. The molecule has 198 valence electrons. The van der Waals surface area contributed by atoms with Crippen molar-refractivity contribution >= 4 is 21.9 Å². The second-order valence-electron chi connectivity index (χ2n) is 11.3. The summed E-state index contributed by atoms with van der Waals surface area (Å²) >= 11 is 0. The number of benzene rings is 4. The number of hydrogen-bond donors (Lipinski definition) is 0. The lowest BCUT2D eigenvalue weighted by atomic mass is 9.76. The fourth-order valence-corrected chi connectivity index (χ4v) is 6.74. The van der Waals surface area contributed by atoms with E-state index in [2.05, 4.69) is 84.3 Å². The van der Waals surface area contributed by atoms with Gasteiger partial charge in [0.15, 0.2) is 6.20 Å². The Morgan fingerprint density at radius 1 is 0.700 bits per heavy atom. The Morgan fingerprint density at radius 3 is 2.08 bits per heavy atom. The monoisotopic (exact) mass is 526 g/mol. The van der Waals surface area contributed by atoms with E-state index < -0.39 is 0 Å². The molecule has 2 nitrogen and oxygen atoms in total. The number of nitrogens with zero attached hydrogens (tertiary/aromatic N) is 1. The van der Waals surface area contributed by atoms with Crippen LogP contribution in [0.25, 0.3) is 44.3 Å². The maximum atomic E-state index is 15.1. The van der Waals surface area contributed by atoms with E-state index in [4.69, 9.17) is 4.42 Å². The third-order valence-corrected chi connectivity index (χ3v) is 8.92. The quantitative estimate of drug-likeness (QED) is 0.209. The van der Waals surface area contributed by atoms with Crippen LogP contribution in [0.3, 0.4) is 0 Å². The summed E-state index contributed by atoms with van der Waals surface area (Å²) in [7, 11) is 2.04. The molecule has 1 aliphatic rings. The lowest BCUT2D eigenvalue weighted by molar-refractivity contribution is -0.660. The highest BCUT2D eigenvalue weighted by molar-refractivity contribution is 6.13. The Kier molecular flexibility index (Phi) is 6.23. The average Bonchev–Trinajstić information content (AvgIpc) is 3.36. The number of rotatable bonds is 4. The standard InChI is InChI=1S/C37H33FNO/c1-24-11-20-31-33-23-30(38)22-32(36(33)40-37(31)35(24)34-10-6-7-21-39(34)2)29-18-16-28(17-19-29)27-14-12-26(13-15-27)25-8-4-3-5-9-25/h3-11,16-23,26-27H,12-15H2,1-2H3/q+1. The molecule has 0 aliphatic heterocycles. The number of halogens is 1. The van der Waals surface area contributed by atoms with E-state index in [1.807, 2.05) is 25.4 Å². The number of pyridine rings is 1. The van der Waals surface area contributed by atoms with E-state index in [1.165, 1.54) is 36.8 Å². The summed E-state index contributed by atoms with van der Waals surface area (Å²) in [4.78, 5) is 0. The highest BCUT2D eigenvalue weighted by Gasteiger charge is 2.25. The minimum Gasteiger partial charge on any atom is -0.454 e. The molecule has 1 fully saturated rings. The van der Waals surface area contributed by atoms with E-state index in [1.54, 1.807) is 12.1 Å². The lowest BCUT2D eigenvalue weighted by Crippen LogP contribution is -2.30. The van der Waals surface area contributed by atoms with Gasteiger partial charge in [0.2, 0.25) is 5.69 Å². The molecular formula is C37H33FNO+. The predicted molar refractivity (Wildman–Crippen MR) is 161 cm³/mol. The van der Waals surface area contributed by atoms with Crippen LogP contribution in [0.15, 0.2) is 108 Å². The topological polar surface area (TPSA) is 17.0 Å². The van der Waals surface area contributed by atoms with Gasteiger partial charge in [-0.1, -0.05) is 66.7 Å². The number of hydrogen-bond acceptors (Lipinski definition) is 1. The minimum absolute atomic E-state index is 0.249. The molecule has 0 spiro atoms. The molecule has 2 aromatic heterocycles. The van der Waals surface area contributed by atoms with Gasteiger partial charge in [0.1, 0.15) is 24.0 Å². The van der Waals surface area contributed by atoms with Crippen molar-refractivity contribution in [1.29, 1.82) is 0 Å². The molecular weight excluding hydrogens is 493 g/mol. The predicted octanol–water partition coefficient (Wildman–Crippen LogP) is 9.63. The van der Waals surface area contributed by atoms with Crippen LogP contribution in [-0.4, -0.2) is 0 Å². The van der Waals surface area contributed by atoms with Crippen molar-refractivity contribution < 1.29 is 13.4 Å². The zero-order valence-corrected chi connectivity index (χ0v) is 23.0. The van der Waals surface area contributed by atoms with E-state index in [0.29, 0.717) is 11.8 Å². The van der Waals surface area contributed by atoms with Gasteiger partial charge in [-0.15, -0.1) is 0 Å². The molecule has 3 heteroatoms. The van der Waals surface area contributed by atoms with Crippen LogP contribution in [0.1, 0.15) is 54.2 Å². The summed E-state index contributed by atoms with van der Waals surface area (Å²) in [6.07, 6.45) is 6.89. The van der Waals surface area contributed by atoms with Crippen LogP contribution in [0.4, 0.5) is 4.39 Å². The zero-order chi connectivity index (χ0) is 27.2. The Balaban J connectivity index is 1.24. The van der Waals surface area contributed by atoms with Crippen molar-refractivity contribution in [3.8, 4) is 22.4 Å². The second-order valence-corrected chi connectivity index (χ2v) is 11.3. The van der Waals surface area contributed by atoms with Gasteiger partial charge in [-0.3, -0.25) is 0 Å². The summed E-state index contributed by atoms with van der Waals surface area (Å²) in [6.45, 7) is 2.10. The number of aromatic nitrogens is 1. The normalized spacial score (nSPS) is 17.5. The van der Waals surface area contributed by atoms with Gasteiger partial charge >= 0.3 is 0 Å². The smallest absolute Gasteiger partial charge is 0.216 e. The van der Waals surface area contributed by atoms with E-state index in [0.717, 1.165) is 49.9 Å². The van der Waals surface area contributed by atoms with Gasteiger partial charge < -0.3 is 4.42 Å². The molecule has 4 aromatic carbocycles. The molecule has 0 saturated heterocycles. The van der Waals surface area contributed by atoms with Crippen molar-refractivity contribution in [3.63, 3.8) is 0 Å². The van der Waals surface area contributed by atoms with Gasteiger partial charge in [0, 0.05) is 28.5 Å². The van der Waals surface area contributed by atoms with E-state index >= 15 is 4.39 Å². The first-order chi connectivity index (χ1) is 19.6. The molecule has 0 radical (unpaired) electrons. The lowest BCUT2D eigenvalue weighted by Gasteiger charge is -2.29. The molecule has 0 bridgehead atoms. The van der Waals surface area contributed by atoms with Gasteiger partial charge in [-0.2, -0.15) is 0 Å². The molecule has 40 heavy (non-hydrogen) atoms. The van der Waals surface area contributed by atoms with Crippen molar-refractivity contribution in [2.75, 3.05) is 0 Å². The van der Waals surface area contributed by atoms with Gasteiger partial charge in [-0.25, -0.2) is 8.96 Å². The van der Waals surface area contributed by atoms with Crippen molar-refractivity contribution in [2.24, 2.45) is 7.05 Å². The highest BCUT2D eigenvalue weighted by atomic mass is 19.1. The summed E-state index contributed by atoms with van der Waals surface area (Å²) < 4.78 is 23.8. The molecule has 0 amide bonds. The van der Waals surface area contributed by atoms with Crippen molar-refractivity contribution in [2.45, 2.75) is 44.4 Å². The molecule has 1 aliphatic carbocycles. The zero-order valence-electron chi connectivity index (χ0n) is 23.0. The van der Waals surface area contributed by atoms with Crippen LogP contribution >= 0.6 is 0 Å². The number of fused-ring (bicyclic) bond motifs is 3. The van der Waals surface area contributed by atoms with Crippen LogP contribution < -0.4 is 4.57 Å². The SMILES string of the molecule is Cc1ccc2c(oc3c(-c4ccc(C5CCC(c6ccccc6)CC5)cc4)cc(F)cc32)c1-c1cccc[n+]1C. The Hall–Kier alpha value is -4.24. The molecule has 0 N–H and O–H groups in total. The molecule has 0 unspecified atom stereocenters. The first kappa shape index (κ1) is 24.8. The van der Waals surface area contributed by atoms with E-state index in [9.17, 15) is 0 Å². The maximum Gasteiger partial charge on any atom is 0.216 e. The number of aryl methyl sites for hydroxylation is 2. The summed E-state index contributed by atoms with van der Waals surface area (Å²) in [5, 5.41) is 1.75. The average molecular weight is 527 g/mol. The third kappa shape index (κ3) is 4.30. The molecule has 7 rings (SSSR count). The Morgan fingerprint density at radius 2 is 1.38 bits per heavy atom.